The average Bonchev–Trinajstić information content (AvgIpc) is 2.25. The van der Waals surface area contributed by atoms with E-state index >= 15 is 0 Å². The normalized spacial score (nSPS) is 39.1. The van der Waals surface area contributed by atoms with Crippen LogP contribution in [0.1, 0.15) is 53.4 Å². The lowest BCUT2D eigenvalue weighted by molar-refractivity contribution is -0.103. The summed E-state index contributed by atoms with van der Waals surface area (Å²) < 4.78 is 0. The molecule has 0 aromatic heterocycles. The molecular formula is C15H26O. The maximum absolute atomic E-state index is 9.46. The molecule has 4 unspecified atom stereocenters. The van der Waals surface area contributed by atoms with Crippen LogP contribution < -0.4 is 0 Å². The average molecular weight is 222 g/mol. The first-order valence-corrected chi connectivity index (χ1v) is 6.77. The van der Waals surface area contributed by atoms with Crippen LogP contribution in [0.3, 0.4) is 0 Å². The molecule has 1 nitrogen and oxygen atoms in total. The van der Waals surface area contributed by atoms with Gasteiger partial charge >= 0.3 is 0 Å². The molecule has 0 aromatic rings. The highest BCUT2D eigenvalue weighted by Crippen LogP contribution is 2.62. The summed E-state index contributed by atoms with van der Waals surface area (Å²) in [6, 6.07) is 0. The molecule has 3 fully saturated rings. The minimum atomic E-state index is -0.272. The molecule has 0 radical (unpaired) electrons. The Hall–Kier alpha value is -0.300. The van der Waals surface area contributed by atoms with E-state index in [1.165, 1.54) is 25.7 Å². The van der Waals surface area contributed by atoms with Crippen LogP contribution in [-0.4, -0.2) is 11.2 Å². The van der Waals surface area contributed by atoms with Crippen LogP contribution in [0.25, 0.3) is 0 Å². The summed E-state index contributed by atoms with van der Waals surface area (Å²) in [5.41, 5.74) is 1.73. The molecule has 3 aliphatic carbocycles. The number of aliphatic hydroxyl groups is 1. The Morgan fingerprint density at radius 2 is 2.12 bits per heavy atom. The fraction of sp³-hybridized carbons (Fsp3) is 0.867. The van der Waals surface area contributed by atoms with Crippen molar-refractivity contribution in [3.8, 4) is 0 Å². The molecule has 0 heterocycles. The molecule has 0 aliphatic heterocycles. The van der Waals surface area contributed by atoms with Gasteiger partial charge in [-0.05, 0) is 68.3 Å². The largest absolute Gasteiger partial charge is 0.389 e. The zero-order valence-electron chi connectivity index (χ0n) is 11.2. The number of fused-ring (bicyclic) bond motifs is 2. The summed E-state index contributed by atoms with van der Waals surface area (Å²) in [7, 11) is 0. The second kappa shape index (κ2) is 4.18. The van der Waals surface area contributed by atoms with Gasteiger partial charge in [-0.3, -0.25) is 0 Å². The Kier molecular flexibility index (Phi) is 3.18. The number of hydrogen-bond donors (Lipinski definition) is 1. The van der Waals surface area contributed by atoms with Gasteiger partial charge in [0.25, 0.3) is 0 Å². The van der Waals surface area contributed by atoms with Crippen LogP contribution in [0.15, 0.2) is 11.6 Å². The topological polar surface area (TPSA) is 20.2 Å². The van der Waals surface area contributed by atoms with Gasteiger partial charge in [0, 0.05) is 0 Å². The van der Waals surface area contributed by atoms with Crippen molar-refractivity contribution in [1.29, 1.82) is 0 Å². The van der Waals surface area contributed by atoms with E-state index in [2.05, 4.69) is 19.9 Å². The Morgan fingerprint density at radius 3 is 2.62 bits per heavy atom. The Morgan fingerprint density at radius 1 is 1.44 bits per heavy atom. The van der Waals surface area contributed by atoms with E-state index in [-0.39, 0.29) is 6.10 Å². The van der Waals surface area contributed by atoms with Crippen LogP contribution >= 0.6 is 0 Å². The highest BCUT2D eigenvalue weighted by molar-refractivity contribution is 5.08. The zero-order valence-corrected chi connectivity index (χ0v) is 11.2. The van der Waals surface area contributed by atoms with E-state index in [0.717, 1.165) is 23.3 Å². The quantitative estimate of drug-likeness (QED) is 0.721. The van der Waals surface area contributed by atoms with Gasteiger partial charge in [-0.25, -0.2) is 0 Å². The number of aliphatic hydroxyl groups excluding tert-OH is 1. The van der Waals surface area contributed by atoms with Crippen LogP contribution in [0.5, 0.6) is 0 Å². The predicted octanol–water partition coefficient (Wildman–Crippen LogP) is 3.78. The van der Waals surface area contributed by atoms with Gasteiger partial charge in [0.2, 0.25) is 0 Å². The molecule has 2 bridgehead atoms. The maximum Gasteiger partial charge on any atom is 0.0719 e. The summed E-state index contributed by atoms with van der Waals surface area (Å²) in [5.74, 6) is 2.80. The third-order valence-electron chi connectivity index (χ3n) is 5.40. The third-order valence-corrected chi connectivity index (χ3v) is 5.40. The van der Waals surface area contributed by atoms with Crippen molar-refractivity contribution in [2.24, 2.45) is 23.2 Å². The minimum Gasteiger partial charge on any atom is -0.389 e. The maximum atomic E-state index is 9.46. The first-order chi connectivity index (χ1) is 7.43. The molecule has 0 spiro atoms. The van der Waals surface area contributed by atoms with Crippen LogP contribution in [0.4, 0.5) is 0 Å². The summed E-state index contributed by atoms with van der Waals surface area (Å²) in [5, 5.41) is 9.46. The molecule has 0 saturated heterocycles. The highest BCUT2D eigenvalue weighted by atomic mass is 16.3. The van der Waals surface area contributed by atoms with Gasteiger partial charge in [-0.2, -0.15) is 0 Å². The fourth-order valence-corrected chi connectivity index (χ4v) is 3.75. The second-order valence-electron chi connectivity index (χ2n) is 6.56. The van der Waals surface area contributed by atoms with E-state index in [4.69, 9.17) is 0 Å². The van der Waals surface area contributed by atoms with E-state index in [9.17, 15) is 5.11 Å². The molecule has 16 heavy (non-hydrogen) atoms. The predicted molar refractivity (Wildman–Crippen MR) is 68.2 cm³/mol. The van der Waals surface area contributed by atoms with Gasteiger partial charge in [0.1, 0.15) is 0 Å². The first kappa shape index (κ1) is 12.2. The number of rotatable bonds is 3. The summed E-state index contributed by atoms with van der Waals surface area (Å²) >= 11 is 0. The van der Waals surface area contributed by atoms with Gasteiger partial charge in [0.15, 0.2) is 0 Å². The van der Waals surface area contributed by atoms with Crippen molar-refractivity contribution >= 4 is 0 Å². The summed E-state index contributed by atoms with van der Waals surface area (Å²) in [6.45, 7) is 8.80. The van der Waals surface area contributed by atoms with E-state index in [1.54, 1.807) is 0 Å². The van der Waals surface area contributed by atoms with Crippen molar-refractivity contribution in [3.63, 3.8) is 0 Å². The van der Waals surface area contributed by atoms with E-state index in [1.807, 2.05) is 13.8 Å². The van der Waals surface area contributed by atoms with E-state index < -0.39 is 0 Å². The van der Waals surface area contributed by atoms with Crippen molar-refractivity contribution < 1.29 is 5.11 Å². The van der Waals surface area contributed by atoms with Crippen LogP contribution in [0, 0.1) is 23.2 Å². The SMILES string of the molecule is CC(=CCC1CCC2CC1C2(C)C)C(C)O. The third kappa shape index (κ3) is 1.95. The van der Waals surface area contributed by atoms with Gasteiger partial charge in [-0.15, -0.1) is 0 Å². The smallest absolute Gasteiger partial charge is 0.0719 e. The molecular weight excluding hydrogens is 196 g/mol. The molecule has 92 valence electrons. The molecule has 1 heteroatoms. The monoisotopic (exact) mass is 222 g/mol. The lowest BCUT2D eigenvalue weighted by Crippen LogP contribution is -2.52. The molecule has 4 atom stereocenters. The second-order valence-corrected chi connectivity index (χ2v) is 6.56. The number of hydrogen-bond acceptors (Lipinski definition) is 1. The molecule has 3 aliphatic rings. The van der Waals surface area contributed by atoms with E-state index in [0.29, 0.717) is 5.41 Å². The van der Waals surface area contributed by atoms with Gasteiger partial charge < -0.3 is 5.11 Å². The zero-order chi connectivity index (χ0) is 11.9. The standard InChI is InChI=1S/C15H26O/c1-10(11(2)16)5-6-12-7-8-13-9-14(12)15(13,3)4/h5,11-14,16H,6-9H2,1-4H3. The van der Waals surface area contributed by atoms with Crippen LogP contribution in [-0.2, 0) is 0 Å². The van der Waals surface area contributed by atoms with Crippen molar-refractivity contribution in [2.75, 3.05) is 0 Å². The molecule has 0 amide bonds. The van der Waals surface area contributed by atoms with Crippen molar-refractivity contribution in [1.82, 2.24) is 0 Å². The lowest BCUT2D eigenvalue weighted by atomic mass is 9.45. The summed E-state index contributed by atoms with van der Waals surface area (Å²) in [4.78, 5) is 0. The minimum absolute atomic E-state index is 0.272. The van der Waals surface area contributed by atoms with Gasteiger partial charge in [-0.1, -0.05) is 19.9 Å². The fourth-order valence-electron chi connectivity index (χ4n) is 3.75. The molecule has 3 saturated carbocycles. The Bertz CT molecular complexity index is 286. The highest BCUT2D eigenvalue weighted by Gasteiger charge is 2.53. The molecule has 3 rings (SSSR count). The Balaban J connectivity index is 1.94. The summed E-state index contributed by atoms with van der Waals surface area (Å²) in [6.07, 6.45) is 7.46. The van der Waals surface area contributed by atoms with Gasteiger partial charge in [0.05, 0.1) is 6.10 Å². The first-order valence-electron chi connectivity index (χ1n) is 6.77. The van der Waals surface area contributed by atoms with Crippen LogP contribution in [0.2, 0.25) is 0 Å². The Labute approximate surface area is 99.9 Å². The lowest BCUT2D eigenvalue weighted by Gasteiger charge is -2.60. The molecule has 0 aromatic carbocycles. The van der Waals surface area contributed by atoms with Crippen molar-refractivity contribution in [3.05, 3.63) is 11.6 Å². The molecule has 1 N–H and O–H groups in total. The number of allylic oxidation sites excluding steroid dienone is 1. The van der Waals surface area contributed by atoms with Crippen molar-refractivity contribution in [2.45, 2.75) is 59.5 Å².